The number of benzene rings is 1. The van der Waals surface area contributed by atoms with Crippen LogP contribution in [-0.4, -0.2) is 37.9 Å². The maximum Gasteiger partial charge on any atom is 0.170 e. The topological polar surface area (TPSA) is 111 Å². The summed E-state index contributed by atoms with van der Waals surface area (Å²) in [6.45, 7) is 4.68. The molecule has 0 amide bonds. The van der Waals surface area contributed by atoms with Gasteiger partial charge in [0, 0.05) is 5.56 Å². The van der Waals surface area contributed by atoms with Gasteiger partial charge in [-0.25, -0.2) is 0 Å². The third kappa shape index (κ3) is 3.02. The summed E-state index contributed by atoms with van der Waals surface area (Å²) in [5.74, 6) is 1.02. The molecule has 1 aromatic heterocycles. The second-order valence-corrected chi connectivity index (χ2v) is 4.63. The summed E-state index contributed by atoms with van der Waals surface area (Å²) in [4.78, 5) is 0. The smallest absolute Gasteiger partial charge is 0.170 e. The number of nitrogens with two attached hydrogens (primary N) is 1. The first-order valence-corrected chi connectivity index (χ1v) is 6.10. The average Bonchev–Trinajstić information content (AvgIpc) is 2.98. The highest BCUT2D eigenvalue weighted by atomic mass is 16.5. The van der Waals surface area contributed by atoms with E-state index in [4.69, 9.17) is 15.7 Å². The van der Waals surface area contributed by atoms with E-state index in [1.165, 1.54) is 11.0 Å². The number of hydrogen-bond acceptors (Lipinski definition) is 6. The Kier molecular flexibility index (Phi) is 4.14. The number of rotatable bonds is 5. The molecule has 1 aromatic carbocycles. The van der Waals surface area contributed by atoms with Gasteiger partial charge in [0.25, 0.3) is 0 Å². The molecule has 3 N–H and O–H groups in total. The fraction of sp³-hybridized carbons (Fsp3) is 0.333. The van der Waals surface area contributed by atoms with Crippen molar-refractivity contribution in [3.8, 4) is 11.4 Å². The maximum absolute atomic E-state index is 8.74. The van der Waals surface area contributed by atoms with Crippen LogP contribution in [0.4, 0.5) is 0 Å². The van der Waals surface area contributed by atoms with E-state index in [1.54, 1.807) is 18.2 Å². The van der Waals surface area contributed by atoms with Crippen molar-refractivity contribution in [3.05, 3.63) is 30.1 Å². The largest absolute Gasteiger partial charge is 0.491 e. The standard InChI is InChI=1S/C12H16N6O2/c1-8(2)6-20-11-4-3-9(12(13)15-19)5-10(11)18-7-14-16-17-18/h3-5,7-8,19H,6H2,1-2H3,(H2,13,15). The minimum atomic E-state index is 0.00901. The van der Waals surface area contributed by atoms with E-state index >= 15 is 0 Å². The molecule has 0 spiro atoms. The van der Waals surface area contributed by atoms with Crippen LogP contribution in [0.3, 0.4) is 0 Å². The first-order chi connectivity index (χ1) is 9.61. The van der Waals surface area contributed by atoms with Gasteiger partial charge in [-0.05, 0) is 34.5 Å². The van der Waals surface area contributed by atoms with Crippen molar-refractivity contribution in [2.24, 2.45) is 16.8 Å². The van der Waals surface area contributed by atoms with E-state index in [9.17, 15) is 0 Å². The molecule has 0 radical (unpaired) electrons. The van der Waals surface area contributed by atoms with E-state index < -0.39 is 0 Å². The maximum atomic E-state index is 8.74. The van der Waals surface area contributed by atoms with Crippen LogP contribution in [0, 0.1) is 5.92 Å². The molecule has 8 heteroatoms. The molecule has 1 heterocycles. The van der Waals surface area contributed by atoms with E-state index in [0.717, 1.165) is 0 Å². The lowest BCUT2D eigenvalue weighted by molar-refractivity contribution is 0.270. The van der Waals surface area contributed by atoms with Crippen LogP contribution in [0.1, 0.15) is 19.4 Å². The van der Waals surface area contributed by atoms with Gasteiger partial charge in [0.2, 0.25) is 0 Å². The molecule has 0 fully saturated rings. The zero-order valence-electron chi connectivity index (χ0n) is 11.3. The van der Waals surface area contributed by atoms with E-state index in [2.05, 4.69) is 34.5 Å². The number of nitrogens with zero attached hydrogens (tertiary/aromatic N) is 5. The highest BCUT2D eigenvalue weighted by Crippen LogP contribution is 2.24. The van der Waals surface area contributed by atoms with Gasteiger partial charge in [-0.3, -0.25) is 0 Å². The molecule has 0 atom stereocenters. The summed E-state index contributed by atoms with van der Waals surface area (Å²) >= 11 is 0. The van der Waals surface area contributed by atoms with Crippen LogP contribution in [0.25, 0.3) is 5.69 Å². The van der Waals surface area contributed by atoms with Gasteiger partial charge in [-0.1, -0.05) is 19.0 Å². The van der Waals surface area contributed by atoms with Crippen molar-refractivity contribution in [1.29, 1.82) is 0 Å². The fourth-order valence-electron chi connectivity index (χ4n) is 1.56. The first kappa shape index (κ1) is 13.8. The molecule has 0 saturated carbocycles. The summed E-state index contributed by atoms with van der Waals surface area (Å²) in [5.41, 5.74) is 6.76. The van der Waals surface area contributed by atoms with Crippen LogP contribution in [-0.2, 0) is 0 Å². The second kappa shape index (κ2) is 6.00. The molecule has 2 aromatic rings. The normalized spacial score (nSPS) is 11.8. The number of aromatic nitrogens is 4. The van der Waals surface area contributed by atoms with E-state index in [1.807, 2.05) is 0 Å². The molecule has 0 aliphatic rings. The van der Waals surface area contributed by atoms with Gasteiger partial charge < -0.3 is 15.7 Å². The number of tetrazole rings is 1. The van der Waals surface area contributed by atoms with Crippen molar-refractivity contribution in [2.75, 3.05) is 6.61 Å². The van der Waals surface area contributed by atoms with Crippen LogP contribution in [0.2, 0.25) is 0 Å². The molecule has 0 aliphatic heterocycles. The van der Waals surface area contributed by atoms with Crippen molar-refractivity contribution >= 4 is 5.84 Å². The molecule has 0 bridgehead atoms. The van der Waals surface area contributed by atoms with Gasteiger partial charge in [0.1, 0.15) is 17.8 Å². The quantitative estimate of drug-likeness (QED) is 0.361. The molecular weight excluding hydrogens is 260 g/mol. The van der Waals surface area contributed by atoms with Gasteiger partial charge in [-0.15, -0.1) is 5.10 Å². The zero-order chi connectivity index (χ0) is 14.5. The summed E-state index contributed by atoms with van der Waals surface area (Å²) in [6, 6.07) is 5.15. The predicted octanol–water partition coefficient (Wildman–Crippen LogP) is 0.792. The summed E-state index contributed by atoms with van der Waals surface area (Å²) in [6.07, 6.45) is 1.45. The molecule has 8 nitrogen and oxygen atoms in total. The molecule has 106 valence electrons. The Balaban J connectivity index is 2.41. The minimum absolute atomic E-state index is 0.00901. The van der Waals surface area contributed by atoms with Crippen molar-refractivity contribution in [3.63, 3.8) is 0 Å². The lowest BCUT2D eigenvalue weighted by Gasteiger charge is -2.13. The summed E-state index contributed by atoms with van der Waals surface area (Å²) in [7, 11) is 0. The Morgan fingerprint density at radius 2 is 2.30 bits per heavy atom. The van der Waals surface area contributed by atoms with Gasteiger partial charge in [-0.2, -0.15) is 4.68 Å². The van der Waals surface area contributed by atoms with Gasteiger partial charge in [0.05, 0.1) is 6.61 Å². The zero-order valence-corrected chi connectivity index (χ0v) is 11.3. The Morgan fingerprint density at radius 1 is 1.50 bits per heavy atom. The van der Waals surface area contributed by atoms with Crippen LogP contribution >= 0.6 is 0 Å². The fourth-order valence-corrected chi connectivity index (χ4v) is 1.56. The van der Waals surface area contributed by atoms with Crippen LogP contribution in [0.5, 0.6) is 5.75 Å². The van der Waals surface area contributed by atoms with Crippen LogP contribution in [0.15, 0.2) is 29.7 Å². The predicted molar refractivity (Wildman–Crippen MR) is 72.0 cm³/mol. The highest BCUT2D eigenvalue weighted by Gasteiger charge is 2.11. The third-order valence-corrected chi connectivity index (χ3v) is 2.53. The number of amidine groups is 1. The Bertz CT molecular complexity index is 594. The Hall–Kier alpha value is -2.64. The van der Waals surface area contributed by atoms with E-state index in [0.29, 0.717) is 29.5 Å². The SMILES string of the molecule is CC(C)COc1ccc(C(N)=NO)cc1-n1cnnn1. The molecule has 0 aliphatic carbocycles. The average molecular weight is 276 g/mol. The van der Waals surface area contributed by atoms with Crippen LogP contribution < -0.4 is 10.5 Å². The van der Waals surface area contributed by atoms with E-state index in [-0.39, 0.29) is 5.84 Å². The Morgan fingerprint density at radius 3 is 2.90 bits per heavy atom. The minimum Gasteiger partial charge on any atom is -0.491 e. The molecule has 0 saturated heterocycles. The van der Waals surface area contributed by atoms with Crippen molar-refractivity contribution < 1.29 is 9.94 Å². The van der Waals surface area contributed by atoms with Crippen molar-refractivity contribution in [1.82, 2.24) is 20.2 Å². The monoisotopic (exact) mass is 276 g/mol. The number of ether oxygens (including phenoxy) is 1. The van der Waals surface area contributed by atoms with Gasteiger partial charge >= 0.3 is 0 Å². The number of hydrogen-bond donors (Lipinski definition) is 2. The van der Waals surface area contributed by atoms with Crippen molar-refractivity contribution in [2.45, 2.75) is 13.8 Å². The first-order valence-electron chi connectivity index (χ1n) is 6.10. The second-order valence-electron chi connectivity index (χ2n) is 4.63. The summed E-state index contributed by atoms with van der Waals surface area (Å²) < 4.78 is 7.19. The third-order valence-electron chi connectivity index (χ3n) is 2.53. The summed E-state index contributed by atoms with van der Waals surface area (Å²) in [5, 5.41) is 22.7. The number of oxime groups is 1. The molecule has 2 rings (SSSR count). The molecular formula is C12H16N6O2. The molecule has 20 heavy (non-hydrogen) atoms. The lowest BCUT2D eigenvalue weighted by atomic mass is 10.1. The lowest BCUT2D eigenvalue weighted by Crippen LogP contribution is -2.14. The Labute approximate surface area is 115 Å². The van der Waals surface area contributed by atoms with Gasteiger partial charge in [0.15, 0.2) is 5.84 Å². The molecule has 0 unspecified atom stereocenters. The highest BCUT2D eigenvalue weighted by molar-refractivity contribution is 5.97.